The Balaban J connectivity index is 1.76. The summed E-state index contributed by atoms with van der Waals surface area (Å²) in [6, 6.07) is 18.0. The number of amides is 4. The van der Waals surface area contributed by atoms with Gasteiger partial charge in [0.15, 0.2) is 0 Å². The lowest BCUT2D eigenvalue weighted by Gasteiger charge is -2.26. The summed E-state index contributed by atoms with van der Waals surface area (Å²) in [6.07, 6.45) is 1.55. The molecule has 0 radical (unpaired) electrons. The minimum absolute atomic E-state index is 0.0801. The monoisotopic (exact) mass is 399 g/mol. The Morgan fingerprint density at radius 1 is 0.833 bits per heavy atom. The van der Waals surface area contributed by atoms with E-state index in [1.807, 2.05) is 69.3 Å². The van der Waals surface area contributed by atoms with Gasteiger partial charge in [0.1, 0.15) is 5.57 Å². The van der Waals surface area contributed by atoms with Crippen molar-refractivity contribution in [3.63, 3.8) is 0 Å². The average molecular weight is 399 g/mol. The van der Waals surface area contributed by atoms with Crippen molar-refractivity contribution in [3.8, 4) is 5.69 Å². The first kappa shape index (κ1) is 19.4. The van der Waals surface area contributed by atoms with Gasteiger partial charge in [0.25, 0.3) is 11.8 Å². The zero-order valence-corrected chi connectivity index (χ0v) is 17.0. The van der Waals surface area contributed by atoms with Crippen LogP contribution >= 0.6 is 0 Å². The van der Waals surface area contributed by atoms with E-state index in [0.29, 0.717) is 5.69 Å². The molecule has 1 N–H and O–H groups in total. The fourth-order valence-electron chi connectivity index (χ4n) is 3.65. The minimum atomic E-state index is -0.749. The quantitative estimate of drug-likeness (QED) is 0.533. The smallest absolute Gasteiger partial charge is 0.318 e. The number of rotatable bonds is 3. The highest BCUT2D eigenvalue weighted by atomic mass is 16.2. The van der Waals surface area contributed by atoms with Crippen molar-refractivity contribution in [2.24, 2.45) is 0 Å². The molecule has 1 saturated heterocycles. The number of aryl methyl sites for hydroxylation is 2. The molecule has 6 nitrogen and oxygen atoms in total. The second-order valence-corrected chi connectivity index (χ2v) is 7.29. The van der Waals surface area contributed by atoms with E-state index in [9.17, 15) is 14.4 Å². The first-order valence-corrected chi connectivity index (χ1v) is 9.59. The molecule has 0 bridgehead atoms. The molecule has 1 aliphatic heterocycles. The van der Waals surface area contributed by atoms with E-state index in [2.05, 4.69) is 9.88 Å². The molecule has 0 unspecified atom stereocenters. The number of barbiturate groups is 1. The maximum Gasteiger partial charge on any atom is 0.335 e. The largest absolute Gasteiger partial charge is 0.335 e. The normalized spacial score (nSPS) is 15.6. The lowest BCUT2D eigenvalue weighted by atomic mass is 10.1. The van der Waals surface area contributed by atoms with Crippen LogP contribution in [-0.4, -0.2) is 22.4 Å². The van der Waals surface area contributed by atoms with E-state index in [1.165, 1.54) is 0 Å². The van der Waals surface area contributed by atoms with Crippen LogP contribution in [0.3, 0.4) is 0 Å². The van der Waals surface area contributed by atoms with Crippen LogP contribution in [-0.2, 0) is 9.59 Å². The maximum absolute atomic E-state index is 13.1. The van der Waals surface area contributed by atoms with Crippen LogP contribution in [0.2, 0.25) is 0 Å². The second kappa shape index (κ2) is 7.48. The van der Waals surface area contributed by atoms with Crippen LogP contribution in [0.4, 0.5) is 10.5 Å². The number of hydrogen-bond acceptors (Lipinski definition) is 3. The summed E-state index contributed by atoms with van der Waals surface area (Å²) in [6.45, 7) is 5.81. The first-order valence-electron chi connectivity index (χ1n) is 9.59. The number of urea groups is 1. The minimum Gasteiger partial charge on any atom is -0.318 e. The summed E-state index contributed by atoms with van der Waals surface area (Å²) in [5.74, 6) is -1.34. The van der Waals surface area contributed by atoms with E-state index in [0.717, 1.165) is 33.1 Å². The fourth-order valence-corrected chi connectivity index (χ4v) is 3.65. The van der Waals surface area contributed by atoms with Crippen molar-refractivity contribution >= 4 is 29.6 Å². The summed E-state index contributed by atoms with van der Waals surface area (Å²) in [5, 5.41) is 2.27. The highest BCUT2D eigenvalue weighted by Crippen LogP contribution is 2.26. The van der Waals surface area contributed by atoms with Crippen LogP contribution in [0.15, 0.2) is 66.2 Å². The van der Waals surface area contributed by atoms with E-state index >= 15 is 0 Å². The highest BCUT2D eigenvalue weighted by Gasteiger charge is 2.37. The van der Waals surface area contributed by atoms with Crippen LogP contribution in [0.5, 0.6) is 0 Å². The van der Waals surface area contributed by atoms with Crippen LogP contribution in [0.1, 0.15) is 22.5 Å². The van der Waals surface area contributed by atoms with Crippen molar-refractivity contribution in [2.45, 2.75) is 20.8 Å². The number of nitrogens with zero attached hydrogens (tertiary/aromatic N) is 2. The van der Waals surface area contributed by atoms with E-state index in [-0.39, 0.29) is 5.57 Å². The van der Waals surface area contributed by atoms with Crippen molar-refractivity contribution in [1.29, 1.82) is 0 Å². The fraction of sp³-hybridized carbons (Fsp3) is 0.125. The molecule has 3 aromatic rings. The van der Waals surface area contributed by atoms with E-state index in [4.69, 9.17) is 0 Å². The summed E-state index contributed by atoms with van der Waals surface area (Å²) in [5.41, 5.74) is 4.94. The Morgan fingerprint density at radius 2 is 1.50 bits per heavy atom. The zero-order chi connectivity index (χ0) is 21.4. The number of imide groups is 2. The van der Waals surface area contributed by atoms with Gasteiger partial charge in [-0.1, -0.05) is 35.9 Å². The molecular formula is C24H21N3O3. The molecule has 2 heterocycles. The number of nitrogens with one attached hydrogen (secondary N) is 1. The summed E-state index contributed by atoms with van der Waals surface area (Å²) in [7, 11) is 0. The average Bonchev–Trinajstić information content (AvgIpc) is 3.00. The molecule has 0 atom stereocenters. The van der Waals surface area contributed by atoms with Crippen molar-refractivity contribution in [1.82, 2.24) is 9.88 Å². The maximum atomic E-state index is 13.1. The zero-order valence-electron chi connectivity index (χ0n) is 17.0. The predicted octanol–water partition coefficient (Wildman–Crippen LogP) is 4.07. The van der Waals surface area contributed by atoms with Gasteiger partial charge in [-0.15, -0.1) is 0 Å². The number of carbonyl (C=O) groups excluding carboxylic acids is 3. The summed E-state index contributed by atoms with van der Waals surface area (Å²) >= 11 is 0. The molecule has 0 saturated carbocycles. The third kappa shape index (κ3) is 3.33. The number of anilines is 1. The van der Waals surface area contributed by atoms with Gasteiger partial charge in [-0.25, -0.2) is 9.69 Å². The Hall–Kier alpha value is -3.93. The Kier molecular flexibility index (Phi) is 4.83. The van der Waals surface area contributed by atoms with Crippen LogP contribution < -0.4 is 10.2 Å². The number of aromatic nitrogens is 1. The molecule has 1 fully saturated rings. The SMILES string of the molecule is Cc1ccc(N2C(=O)NC(=O)/C(=C/c3cc(C)n(-c4ccccc4)c3C)C2=O)cc1. The topological polar surface area (TPSA) is 71.4 Å². The van der Waals surface area contributed by atoms with Crippen molar-refractivity contribution in [2.75, 3.05) is 4.90 Å². The van der Waals surface area contributed by atoms with Crippen LogP contribution in [0, 0.1) is 20.8 Å². The Morgan fingerprint density at radius 3 is 2.17 bits per heavy atom. The number of para-hydroxylation sites is 1. The first-order chi connectivity index (χ1) is 14.4. The van der Waals surface area contributed by atoms with Crippen LogP contribution in [0.25, 0.3) is 11.8 Å². The van der Waals surface area contributed by atoms with Gasteiger partial charge < -0.3 is 4.57 Å². The highest BCUT2D eigenvalue weighted by molar-refractivity contribution is 6.39. The van der Waals surface area contributed by atoms with Gasteiger partial charge in [-0.05, 0) is 62.7 Å². The third-order valence-corrected chi connectivity index (χ3v) is 5.18. The van der Waals surface area contributed by atoms with Gasteiger partial charge in [-0.3, -0.25) is 14.9 Å². The van der Waals surface area contributed by atoms with E-state index in [1.54, 1.807) is 18.2 Å². The lowest BCUT2D eigenvalue weighted by molar-refractivity contribution is -0.122. The number of carbonyl (C=O) groups is 3. The van der Waals surface area contributed by atoms with Crippen molar-refractivity contribution < 1.29 is 14.4 Å². The lowest BCUT2D eigenvalue weighted by Crippen LogP contribution is -2.54. The van der Waals surface area contributed by atoms with Gasteiger partial charge in [-0.2, -0.15) is 0 Å². The molecule has 150 valence electrons. The van der Waals surface area contributed by atoms with Gasteiger partial charge in [0.05, 0.1) is 5.69 Å². The number of benzene rings is 2. The molecule has 0 spiro atoms. The predicted molar refractivity (Wildman–Crippen MR) is 115 cm³/mol. The Bertz CT molecular complexity index is 1190. The molecule has 0 aliphatic carbocycles. The molecular weight excluding hydrogens is 378 g/mol. The van der Waals surface area contributed by atoms with Crippen molar-refractivity contribution in [3.05, 3.63) is 88.8 Å². The van der Waals surface area contributed by atoms with Gasteiger partial charge >= 0.3 is 6.03 Å². The molecule has 2 aromatic carbocycles. The van der Waals surface area contributed by atoms with Gasteiger partial charge in [0.2, 0.25) is 0 Å². The Labute approximate surface area is 174 Å². The van der Waals surface area contributed by atoms with Gasteiger partial charge in [0, 0.05) is 17.1 Å². The number of hydrogen-bond donors (Lipinski definition) is 1. The standard InChI is InChI=1S/C24H21N3O3/c1-15-9-11-20(12-10-15)27-23(29)21(22(28)25-24(27)30)14-18-13-16(2)26(17(18)3)19-7-5-4-6-8-19/h4-14H,1-3H3,(H,25,28,30)/b21-14-. The molecule has 1 aromatic heterocycles. The molecule has 30 heavy (non-hydrogen) atoms. The second-order valence-electron chi connectivity index (χ2n) is 7.29. The third-order valence-electron chi connectivity index (χ3n) is 5.18. The summed E-state index contributed by atoms with van der Waals surface area (Å²) < 4.78 is 2.06. The molecule has 4 amide bonds. The molecule has 6 heteroatoms. The van der Waals surface area contributed by atoms with E-state index < -0.39 is 17.8 Å². The summed E-state index contributed by atoms with van der Waals surface area (Å²) in [4.78, 5) is 38.9. The molecule has 1 aliphatic rings. The molecule has 4 rings (SSSR count).